The first-order chi connectivity index (χ1) is 16.0. The number of imidazole rings is 1. The third-order valence-corrected chi connectivity index (χ3v) is 7.29. The number of aryl methyl sites for hydroxylation is 2. The molecule has 0 bridgehead atoms. The molecule has 0 aliphatic heterocycles. The lowest BCUT2D eigenvalue weighted by atomic mass is 10.1. The van der Waals surface area contributed by atoms with Gasteiger partial charge >= 0.3 is 5.69 Å². The molecule has 1 N–H and O–H groups in total. The molecule has 0 atom stereocenters. The van der Waals surface area contributed by atoms with Crippen LogP contribution < -0.4 is 11.2 Å². The summed E-state index contributed by atoms with van der Waals surface area (Å²) < 4.78 is 3.40. The van der Waals surface area contributed by atoms with E-state index in [-0.39, 0.29) is 5.56 Å². The highest BCUT2D eigenvalue weighted by Gasteiger charge is 2.17. The largest absolute Gasteiger partial charge is 0.329 e. The number of fused-ring (bicyclic) bond motifs is 1. The van der Waals surface area contributed by atoms with Gasteiger partial charge in [0.05, 0.1) is 0 Å². The van der Waals surface area contributed by atoms with Crippen LogP contribution in [0.25, 0.3) is 11.2 Å². The molecule has 0 amide bonds. The molecule has 0 spiro atoms. The van der Waals surface area contributed by atoms with E-state index in [1.807, 2.05) is 28.8 Å². The van der Waals surface area contributed by atoms with Gasteiger partial charge in [-0.1, -0.05) is 100 Å². The zero-order valence-electron chi connectivity index (χ0n) is 19.7. The summed E-state index contributed by atoms with van der Waals surface area (Å²) in [6.45, 7) is 2.97. The first kappa shape index (κ1) is 25.6. The van der Waals surface area contributed by atoms with Crippen molar-refractivity contribution in [2.45, 2.75) is 88.6 Å². The summed E-state index contributed by atoms with van der Waals surface area (Å²) in [5.41, 5.74) is 1.24. The monoisotopic (exact) mass is 490 g/mol. The van der Waals surface area contributed by atoms with Crippen LogP contribution in [0, 0.1) is 0 Å². The maximum atomic E-state index is 12.6. The van der Waals surface area contributed by atoms with Crippen LogP contribution in [-0.4, -0.2) is 19.1 Å². The number of aromatic amines is 1. The zero-order valence-corrected chi connectivity index (χ0v) is 21.3. The van der Waals surface area contributed by atoms with Crippen molar-refractivity contribution in [3.8, 4) is 0 Å². The molecule has 0 unspecified atom stereocenters. The third kappa shape index (κ3) is 7.24. The smallest absolute Gasteiger partial charge is 0.313 e. The number of aromatic nitrogens is 4. The Bertz CT molecular complexity index is 1130. The summed E-state index contributed by atoms with van der Waals surface area (Å²) in [5.74, 6) is 0.713. The van der Waals surface area contributed by atoms with E-state index in [0.717, 1.165) is 30.1 Å². The average Bonchev–Trinajstić information content (AvgIpc) is 3.17. The number of halogens is 1. The highest BCUT2D eigenvalue weighted by atomic mass is 35.5. The molecule has 33 heavy (non-hydrogen) atoms. The van der Waals surface area contributed by atoms with Crippen LogP contribution in [0.4, 0.5) is 0 Å². The highest BCUT2D eigenvalue weighted by Crippen LogP contribution is 2.26. The van der Waals surface area contributed by atoms with Gasteiger partial charge in [0.2, 0.25) is 0 Å². The number of hydrogen-bond acceptors (Lipinski definition) is 4. The van der Waals surface area contributed by atoms with Gasteiger partial charge in [-0.2, -0.15) is 0 Å². The first-order valence-corrected chi connectivity index (χ1v) is 13.4. The van der Waals surface area contributed by atoms with E-state index in [1.54, 1.807) is 18.8 Å². The van der Waals surface area contributed by atoms with Crippen molar-refractivity contribution in [1.29, 1.82) is 0 Å². The number of benzene rings is 1. The van der Waals surface area contributed by atoms with E-state index >= 15 is 0 Å². The predicted octanol–water partition coefficient (Wildman–Crippen LogP) is 6.29. The Kier molecular flexibility index (Phi) is 10.1. The summed E-state index contributed by atoms with van der Waals surface area (Å²) >= 11 is 7.57. The molecule has 8 heteroatoms. The minimum atomic E-state index is -0.440. The topological polar surface area (TPSA) is 72.7 Å². The summed E-state index contributed by atoms with van der Waals surface area (Å²) in [7, 11) is 1.64. The van der Waals surface area contributed by atoms with Gasteiger partial charge in [0, 0.05) is 24.4 Å². The highest BCUT2D eigenvalue weighted by molar-refractivity contribution is 7.98. The molecule has 2 aromatic heterocycles. The van der Waals surface area contributed by atoms with Crippen LogP contribution in [0.5, 0.6) is 0 Å². The second-order valence-electron chi connectivity index (χ2n) is 8.63. The van der Waals surface area contributed by atoms with Gasteiger partial charge in [-0.3, -0.25) is 14.3 Å². The van der Waals surface area contributed by atoms with E-state index in [1.165, 1.54) is 55.9 Å². The fourth-order valence-corrected chi connectivity index (χ4v) is 5.12. The van der Waals surface area contributed by atoms with Crippen molar-refractivity contribution < 1.29 is 0 Å². The molecular weight excluding hydrogens is 456 g/mol. The molecular formula is C25H35ClN4O2S. The molecule has 0 radical (unpaired) electrons. The summed E-state index contributed by atoms with van der Waals surface area (Å²) in [6, 6.07) is 7.73. The normalized spacial score (nSPS) is 11.5. The molecule has 0 saturated carbocycles. The molecule has 3 rings (SSSR count). The number of unbranched alkanes of at least 4 members (excludes halogenated alkanes) is 9. The predicted molar refractivity (Wildman–Crippen MR) is 138 cm³/mol. The third-order valence-electron chi connectivity index (χ3n) is 5.99. The van der Waals surface area contributed by atoms with Crippen molar-refractivity contribution in [1.82, 2.24) is 19.1 Å². The molecule has 3 aromatic rings. The van der Waals surface area contributed by atoms with Crippen molar-refractivity contribution in [3.05, 3.63) is 55.7 Å². The lowest BCUT2D eigenvalue weighted by molar-refractivity contribution is 0.527. The lowest BCUT2D eigenvalue weighted by Gasteiger charge is -2.09. The fraction of sp³-hybridized carbons (Fsp3) is 0.560. The molecule has 0 aliphatic rings. The fourth-order valence-electron chi connectivity index (χ4n) is 4.02. The van der Waals surface area contributed by atoms with Crippen LogP contribution >= 0.6 is 23.4 Å². The van der Waals surface area contributed by atoms with E-state index in [2.05, 4.69) is 16.9 Å². The van der Waals surface area contributed by atoms with E-state index in [4.69, 9.17) is 11.6 Å². The number of H-pyrrole nitrogens is 1. The molecule has 0 fully saturated rings. The molecule has 180 valence electrons. The van der Waals surface area contributed by atoms with Crippen molar-refractivity contribution in [3.63, 3.8) is 0 Å². The van der Waals surface area contributed by atoms with Crippen molar-refractivity contribution in [2.75, 3.05) is 0 Å². The number of nitrogens with one attached hydrogen (secondary N) is 1. The number of thioether (sulfide) groups is 1. The van der Waals surface area contributed by atoms with Crippen LogP contribution in [0.3, 0.4) is 0 Å². The SMILES string of the molecule is CCCCCCCCCCCCn1c(SCc2ccc(Cl)cc2)nc2c1c(=O)[nH]c(=O)n2C. The second-order valence-corrected chi connectivity index (χ2v) is 10.0. The quantitative estimate of drug-likeness (QED) is 0.213. The maximum Gasteiger partial charge on any atom is 0.329 e. The minimum Gasteiger partial charge on any atom is -0.313 e. The van der Waals surface area contributed by atoms with Gasteiger partial charge in [0.15, 0.2) is 16.3 Å². The Morgan fingerprint density at radius 1 is 0.939 bits per heavy atom. The first-order valence-electron chi connectivity index (χ1n) is 12.1. The molecule has 0 aliphatic carbocycles. The van der Waals surface area contributed by atoms with E-state index in [9.17, 15) is 9.59 Å². The molecule has 2 heterocycles. The van der Waals surface area contributed by atoms with Gasteiger partial charge in [-0.05, 0) is 24.1 Å². The summed E-state index contributed by atoms with van der Waals surface area (Å²) in [5, 5.41) is 1.47. The van der Waals surface area contributed by atoms with E-state index < -0.39 is 5.69 Å². The Labute approximate surface area is 204 Å². The Morgan fingerprint density at radius 2 is 1.55 bits per heavy atom. The van der Waals surface area contributed by atoms with Crippen LogP contribution in [0.2, 0.25) is 5.02 Å². The Hall–Kier alpha value is -1.99. The second kappa shape index (κ2) is 13.0. The van der Waals surface area contributed by atoms with Crippen molar-refractivity contribution >= 4 is 34.5 Å². The molecule has 0 saturated heterocycles. The number of hydrogen-bond donors (Lipinski definition) is 1. The average molecular weight is 491 g/mol. The van der Waals surface area contributed by atoms with Crippen LogP contribution in [-0.2, 0) is 19.3 Å². The minimum absolute atomic E-state index is 0.369. The molecule has 6 nitrogen and oxygen atoms in total. The lowest BCUT2D eigenvalue weighted by Crippen LogP contribution is -2.29. The summed E-state index contributed by atoms with van der Waals surface area (Å²) in [4.78, 5) is 31.8. The van der Waals surface area contributed by atoms with Crippen molar-refractivity contribution in [2.24, 2.45) is 7.05 Å². The Morgan fingerprint density at radius 3 is 2.18 bits per heavy atom. The summed E-state index contributed by atoms with van der Waals surface area (Å²) in [6.07, 6.45) is 12.6. The van der Waals surface area contributed by atoms with Gasteiger partial charge in [-0.15, -0.1) is 0 Å². The van der Waals surface area contributed by atoms with E-state index in [0.29, 0.717) is 21.9 Å². The zero-order chi connectivity index (χ0) is 23.6. The number of rotatable bonds is 14. The van der Waals surface area contributed by atoms with Crippen LogP contribution in [0.1, 0.15) is 76.7 Å². The number of nitrogens with zero attached hydrogens (tertiary/aromatic N) is 3. The van der Waals surface area contributed by atoms with Gasteiger partial charge < -0.3 is 4.57 Å². The Balaban J connectivity index is 1.64. The van der Waals surface area contributed by atoms with Gasteiger partial charge in [-0.25, -0.2) is 9.78 Å². The molecule has 1 aromatic carbocycles. The van der Waals surface area contributed by atoms with Crippen LogP contribution in [0.15, 0.2) is 39.0 Å². The maximum absolute atomic E-state index is 12.6. The van der Waals surface area contributed by atoms with Gasteiger partial charge in [0.1, 0.15) is 0 Å². The van der Waals surface area contributed by atoms with Gasteiger partial charge in [0.25, 0.3) is 5.56 Å². The standard InChI is InChI=1S/C25H35ClN4O2S/c1-3-4-5-6-7-8-9-10-11-12-17-30-21-22(29(2)24(32)28-23(21)31)27-25(30)33-18-19-13-15-20(26)16-14-19/h13-16H,3-12,17-18H2,1-2H3,(H,28,31,32).